The molecule has 0 spiro atoms. The Kier molecular flexibility index (Phi) is 7.95. The number of alkyl halides is 3. The second kappa shape index (κ2) is 8.33. The molecule has 0 radical (unpaired) electrons. The molecule has 0 aromatic rings. The third-order valence-electron chi connectivity index (χ3n) is 2.50. The molecule has 6 heteroatoms. The Morgan fingerprint density at radius 2 is 1.76 bits per heavy atom. The first-order valence-corrected chi connectivity index (χ1v) is 5.87. The predicted molar refractivity (Wildman–Crippen MR) is 60.4 cm³/mol. The number of carbonyl (C=O) groups excluding carboxylic acids is 1. The molecular formula is C11H21F3N2O. The van der Waals surface area contributed by atoms with Crippen molar-refractivity contribution in [1.82, 2.24) is 4.90 Å². The number of unbranched alkanes of at least 4 members (excludes halogenated alkanes) is 3. The van der Waals surface area contributed by atoms with Gasteiger partial charge in [-0.15, -0.1) is 0 Å². The van der Waals surface area contributed by atoms with Crippen molar-refractivity contribution < 1.29 is 18.0 Å². The molecule has 2 N–H and O–H groups in total. The molecule has 0 aliphatic carbocycles. The van der Waals surface area contributed by atoms with Crippen molar-refractivity contribution in [3.63, 3.8) is 0 Å². The molecule has 0 fully saturated rings. The van der Waals surface area contributed by atoms with E-state index >= 15 is 0 Å². The SMILES string of the molecule is CN(CCC(F)(F)F)C(=O)CCCCCCN. The largest absolute Gasteiger partial charge is 0.390 e. The smallest absolute Gasteiger partial charge is 0.345 e. The second-order valence-corrected chi connectivity index (χ2v) is 4.13. The van der Waals surface area contributed by atoms with Crippen LogP contribution in [0.15, 0.2) is 0 Å². The van der Waals surface area contributed by atoms with Crippen LogP contribution in [0.25, 0.3) is 0 Å². The lowest BCUT2D eigenvalue weighted by molar-refractivity contribution is -0.144. The van der Waals surface area contributed by atoms with Crippen LogP contribution in [0.4, 0.5) is 13.2 Å². The fourth-order valence-corrected chi connectivity index (χ4v) is 1.38. The van der Waals surface area contributed by atoms with Crippen molar-refractivity contribution >= 4 is 5.91 Å². The molecule has 0 saturated heterocycles. The lowest BCUT2D eigenvalue weighted by atomic mass is 10.1. The van der Waals surface area contributed by atoms with Crippen LogP contribution < -0.4 is 5.73 Å². The first-order chi connectivity index (χ1) is 7.87. The molecule has 0 rings (SSSR count). The van der Waals surface area contributed by atoms with Gasteiger partial charge in [0.05, 0.1) is 6.42 Å². The molecule has 0 aliphatic heterocycles. The predicted octanol–water partition coefficient (Wildman–Crippen LogP) is 2.31. The summed E-state index contributed by atoms with van der Waals surface area (Å²) in [6, 6.07) is 0. The van der Waals surface area contributed by atoms with Crippen LogP contribution in [0.3, 0.4) is 0 Å². The number of halogens is 3. The van der Waals surface area contributed by atoms with E-state index in [0.717, 1.165) is 30.6 Å². The summed E-state index contributed by atoms with van der Waals surface area (Å²) in [5, 5.41) is 0. The van der Waals surface area contributed by atoms with Gasteiger partial charge in [-0.2, -0.15) is 13.2 Å². The van der Waals surface area contributed by atoms with Crippen LogP contribution >= 0.6 is 0 Å². The van der Waals surface area contributed by atoms with Crippen LogP contribution in [-0.4, -0.2) is 37.1 Å². The van der Waals surface area contributed by atoms with E-state index in [2.05, 4.69) is 0 Å². The molecule has 102 valence electrons. The number of amides is 1. The zero-order valence-corrected chi connectivity index (χ0v) is 10.2. The zero-order valence-electron chi connectivity index (χ0n) is 10.2. The first kappa shape index (κ1) is 16.2. The van der Waals surface area contributed by atoms with E-state index in [0.29, 0.717) is 13.0 Å². The highest BCUT2D eigenvalue weighted by atomic mass is 19.4. The molecule has 0 unspecified atom stereocenters. The van der Waals surface area contributed by atoms with Crippen molar-refractivity contribution in [1.29, 1.82) is 0 Å². The quantitative estimate of drug-likeness (QED) is 0.676. The molecule has 0 bridgehead atoms. The molecule has 0 saturated carbocycles. The second-order valence-electron chi connectivity index (χ2n) is 4.13. The molecule has 3 nitrogen and oxygen atoms in total. The van der Waals surface area contributed by atoms with E-state index in [9.17, 15) is 18.0 Å². The summed E-state index contributed by atoms with van der Waals surface area (Å²) in [6.45, 7) is 0.380. The number of nitrogens with zero attached hydrogens (tertiary/aromatic N) is 1. The van der Waals surface area contributed by atoms with Gasteiger partial charge < -0.3 is 10.6 Å². The fourth-order valence-electron chi connectivity index (χ4n) is 1.38. The zero-order chi connectivity index (χ0) is 13.3. The standard InChI is InChI=1S/C11H21F3N2O/c1-16(9-7-11(12,13)14)10(17)6-4-2-3-5-8-15/h2-9,15H2,1H3. The topological polar surface area (TPSA) is 46.3 Å². The lowest BCUT2D eigenvalue weighted by Gasteiger charge is -2.18. The third-order valence-corrected chi connectivity index (χ3v) is 2.50. The Labute approximate surface area is 100 Å². The fraction of sp³-hybridized carbons (Fsp3) is 0.909. The average Bonchev–Trinajstić information content (AvgIpc) is 2.24. The Morgan fingerprint density at radius 1 is 1.18 bits per heavy atom. The normalized spacial score (nSPS) is 11.6. The highest BCUT2D eigenvalue weighted by molar-refractivity contribution is 5.75. The summed E-state index contributed by atoms with van der Waals surface area (Å²) in [6.07, 6.45) is -1.31. The first-order valence-electron chi connectivity index (χ1n) is 5.87. The Morgan fingerprint density at radius 3 is 2.29 bits per heavy atom. The van der Waals surface area contributed by atoms with Crippen molar-refractivity contribution in [3.8, 4) is 0 Å². The lowest BCUT2D eigenvalue weighted by Crippen LogP contribution is -2.30. The minimum Gasteiger partial charge on any atom is -0.345 e. The minimum atomic E-state index is -4.20. The Balaban J connectivity index is 3.61. The van der Waals surface area contributed by atoms with Gasteiger partial charge in [-0.1, -0.05) is 12.8 Å². The summed E-state index contributed by atoms with van der Waals surface area (Å²) in [7, 11) is 1.41. The maximum atomic E-state index is 11.9. The summed E-state index contributed by atoms with van der Waals surface area (Å²) >= 11 is 0. The molecule has 0 atom stereocenters. The van der Waals surface area contributed by atoms with Crippen molar-refractivity contribution in [3.05, 3.63) is 0 Å². The van der Waals surface area contributed by atoms with Crippen LogP contribution in [0.1, 0.15) is 38.5 Å². The molecule has 0 heterocycles. The maximum absolute atomic E-state index is 11.9. The number of hydrogen-bond donors (Lipinski definition) is 1. The minimum absolute atomic E-state index is 0.220. The van der Waals surface area contributed by atoms with Gasteiger partial charge in [-0.3, -0.25) is 4.79 Å². The van der Waals surface area contributed by atoms with Gasteiger partial charge in [0.1, 0.15) is 0 Å². The summed E-state index contributed by atoms with van der Waals surface area (Å²) < 4.78 is 35.8. The highest BCUT2D eigenvalue weighted by Crippen LogP contribution is 2.19. The number of nitrogens with two attached hydrogens (primary N) is 1. The van der Waals surface area contributed by atoms with E-state index < -0.39 is 12.6 Å². The summed E-state index contributed by atoms with van der Waals surface area (Å²) in [5.41, 5.74) is 5.32. The van der Waals surface area contributed by atoms with Gasteiger partial charge in [0.25, 0.3) is 0 Å². The van der Waals surface area contributed by atoms with Gasteiger partial charge in [-0.05, 0) is 19.4 Å². The van der Waals surface area contributed by atoms with Crippen LogP contribution in [0.2, 0.25) is 0 Å². The van der Waals surface area contributed by atoms with Gasteiger partial charge in [-0.25, -0.2) is 0 Å². The van der Waals surface area contributed by atoms with Crippen LogP contribution in [0.5, 0.6) is 0 Å². The summed E-state index contributed by atoms with van der Waals surface area (Å²) in [5.74, 6) is -0.220. The molecule has 1 amide bonds. The highest BCUT2D eigenvalue weighted by Gasteiger charge is 2.27. The third kappa shape index (κ3) is 10.1. The average molecular weight is 254 g/mol. The van der Waals surface area contributed by atoms with Crippen LogP contribution in [-0.2, 0) is 4.79 Å². The van der Waals surface area contributed by atoms with E-state index in [1.165, 1.54) is 7.05 Å². The van der Waals surface area contributed by atoms with Gasteiger partial charge in [0.2, 0.25) is 5.91 Å². The number of carbonyl (C=O) groups is 1. The van der Waals surface area contributed by atoms with Crippen molar-refractivity contribution in [2.24, 2.45) is 5.73 Å². The molecule has 0 aromatic carbocycles. The maximum Gasteiger partial charge on any atom is 0.390 e. The van der Waals surface area contributed by atoms with Gasteiger partial charge >= 0.3 is 6.18 Å². The molecule has 0 aromatic heterocycles. The van der Waals surface area contributed by atoms with E-state index in [1.54, 1.807) is 0 Å². The van der Waals surface area contributed by atoms with E-state index in [1.807, 2.05) is 0 Å². The van der Waals surface area contributed by atoms with E-state index in [-0.39, 0.29) is 12.5 Å². The molecule has 0 aliphatic rings. The van der Waals surface area contributed by atoms with Crippen molar-refractivity contribution in [2.45, 2.75) is 44.7 Å². The Hall–Kier alpha value is -0.780. The monoisotopic (exact) mass is 254 g/mol. The molecular weight excluding hydrogens is 233 g/mol. The number of rotatable bonds is 8. The Bertz CT molecular complexity index is 219. The molecule has 17 heavy (non-hydrogen) atoms. The summed E-state index contributed by atoms with van der Waals surface area (Å²) in [4.78, 5) is 12.6. The van der Waals surface area contributed by atoms with Crippen molar-refractivity contribution in [2.75, 3.05) is 20.1 Å². The van der Waals surface area contributed by atoms with Gasteiger partial charge in [0, 0.05) is 20.0 Å². The van der Waals surface area contributed by atoms with Gasteiger partial charge in [0.15, 0.2) is 0 Å². The van der Waals surface area contributed by atoms with Crippen LogP contribution in [0, 0.1) is 0 Å². The number of hydrogen-bond acceptors (Lipinski definition) is 2. The van der Waals surface area contributed by atoms with E-state index in [4.69, 9.17) is 5.73 Å².